The van der Waals surface area contributed by atoms with E-state index in [0.717, 1.165) is 6.07 Å². The lowest BCUT2D eigenvalue weighted by atomic mass is 10.1. The molecule has 28 heavy (non-hydrogen) atoms. The normalized spacial score (nSPS) is 15.3. The Labute approximate surface area is 163 Å². The predicted molar refractivity (Wildman–Crippen MR) is 101 cm³/mol. The van der Waals surface area contributed by atoms with E-state index >= 15 is 0 Å². The van der Waals surface area contributed by atoms with Gasteiger partial charge in [-0.25, -0.2) is 12.8 Å². The van der Waals surface area contributed by atoms with E-state index in [9.17, 15) is 17.6 Å². The van der Waals surface area contributed by atoms with Gasteiger partial charge in [0.2, 0.25) is 10.0 Å². The van der Waals surface area contributed by atoms with Crippen molar-refractivity contribution in [1.82, 2.24) is 9.21 Å². The van der Waals surface area contributed by atoms with E-state index < -0.39 is 15.8 Å². The van der Waals surface area contributed by atoms with Crippen LogP contribution in [0.4, 0.5) is 4.39 Å². The molecule has 1 fully saturated rings. The van der Waals surface area contributed by atoms with Crippen molar-refractivity contribution in [2.24, 2.45) is 0 Å². The molecular weight excluding hydrogens is 387 g/mol. The molecule has 3 rings (SSSR count). The quantitative estimate of drug-likeness (QED) is 0.756. The van der Waals surface area contributed by atoms with E-state index in [1.165, 1.54) is 36.7 Å². The zero-order chi connectivity index (χ0) is 20.3. The highest BCUT2D eigenvalue weighted by atomic mass is 32.2. The summed E-state index contributed by atoms with van der Waals surface area (Å²) in [6.45, 7) is 0.749. The second-order valence-electron chi connectivity index (χ2n) is 6.22. The van der Waals surface area contributed by atoms with Gasteiger partial charge in [-0.1, -0.05) is 6.07 Å². The number of ether oxygens (including phenoxy) is 2. The standard InChI is InChI=1S/C19H21FN2O5S/c1-26-17-7-6-14(12-18(17)27-2)19(23)21-8-10-22(11-9-21)28(24,25)16-5-3-4-15(20)13-16/h3-7,12-13H,8-11H2,1-2H3. The number of methoxy groups -OCH3 is 2. The maximum Gasteiger partial charge on any atom is 0.254 e. The number of amides is 1. The Morgan fingerprint density at radius 1 is 0.964 bits per heavy atom. The Kier molecular flexibility index (Phi) is 5.85. The highest BCUT2D eigenvalue weighted by molar-refractivity contribution is 7.89. The first-order chi connectivity index (χ1) is 13.4. The van der Waals surface area contributed by atoms with Gasteiger partial charge in [-0.3, -0.25) is 4.79 Å². The van der Waals surface area contributed by atoms with Crippen LogP contribution in [-0.2, 0) is 10.0 Å². The van der Waals surface area contributed by atoms with Crippen LogP contribution in [0.15, 0.2) is 47.4 Å². The Hall–Kier alpha value is -2.65. The van der Waals surface area contributed by atoms with E-state index in [-0.39, 0.29) is 37.0 Å². The fraction of sp³-hybridized carbons (Fsp3) is 0.316. The molecule has 0 unspecified atom stereocenters. The molecule has 1 heterocycles. The van der Waals surface area contributed by atoms with Gasteiger partial charge in [-0.15, -0.1) is 0 Å². The maximum atomic E-state index is 13.4. The molecular formula is C19H21FN2O5S. The third-order valence-electron chi connectivity index (χ3n) is 4.59. The lowest BCUT2D eigenvalue weighted by molar-refractivity contribution is 0.0697. The number of sulfonamides is 1. The SMILES string of the molecule is COc1ccc(C(=O)N2CCN(S(=O)(=O)c3cccc(F)c3)CC2)cc1OC. The van der Waals surface area contributed by atoms with Crippen LogP contribution in [0.2, 0.25) is 0 Å². The third-order valence-corrected chi connectivity index (χ3v) is 6.48. The Balaban J connectivity index is 1.70. The lowest BCUT2D eigenvalue weighted by Crippen LogP contribution is -2.50. The molecule has 0 aromatic heterocycles. The van der Waals surface area contributed by atoms with E-state index in [1.54, 1.807) is 23.1 Å². The molecule has 0 saturated carbocycles. The summed E-state index contributed by atoms with van der Waals surface area (Å²) in [5, 5.41) is 0. The van der Waals surface area contributed by atoms with Gasteiger partial charge in [0.15, 0.2) is 11.5 Å². The number of hydrogen-bond donors (Lipinski definition) is 0. The lowest BCUT2D eigenvalue weighted by Gasteiger charge is -2.34. The largest absolute Gasteiger partial charge is 0.493 e. The first-order valence-electron chi connectivity index (χ1n) is 8.64. The van der Waals surface area contributed by atoms with Gasteiger partial charge in [0.25, 0.3) is 5.91 Å². The number of halogens is 1. The average molecular weight is 408 g/mol. The monoisotopic (exact) mass is 408 g/mol. The van der Waals surface area contributed by atoms with Crippen LogP contribution in [0.5, 0.6) is 11.5 Å². The van der Waals surface area contributed by atoms with E-state index in [1.807, 2.05) is 0 Å². The molecule has 150 valence electrons. The van der Waals surface area contributed by atoms with Gasteiger partial charge < -0.3 is 14.4 Å². The van der Waals surface area contributed by atoms with E-state index in [2.05, 4.69) is 0 Å². The number of hydrogen-bond acceptors (Lipinski definition) is 5. The summed E-state index contributed by atoms with van der Waals surface area (Å²) in [7, 11) is -0.799. The van der Waals surface area contributed by atoms with Crippen LogP contribution in [0, 0.1) is 5.82 Å². The van der Waals surface area contributed by atoms with Crippen molar-refractivity contribution in [2.75, 3.05) is 40.4 Å². The van der Waals surface area contributed by atoms with Gasteiger partial charge >= 0.3 is 0 Å². The van der Waals surface area contributed by atoms with Gasteiger partial charge in [-0.05, 0) is 36.4 Å². The van der Waals surface area contributed by atoms with Gasteiger partial charge in [0.05, 0.1) is 19.1 Å². The molecule has 0 radical (unpaired) electrons. The van der Waals surface area contributed by atoms with Crippen molar-refractivity contribution in [3.63, 3.8) is 0 Å². The Morgan fingerprint density at radius 2 is 1.64 bits per heavy atom. The van der Waals surface area contributed by atoms with E-state index in [0.29, 0.717) is 17.1 Å². The second kappa shape index (κ2) is 8.15. The summed E-state index contributed by atoms with van der Waals surface area (Å²) in [5.74, 6) is 0.137. The van der Waals surface area contributed by atoms with Crippen molar-refractivity contribution in [3.8, 4) is 11.5 Å². The number of carbonyl (C=O) groups excluding carboxylic acids is 1. The molecule has 1 aliphatic rings. The fourth-order valence-corrected chi connectivity index (χ4v) is 4.51. The minimum absolute atomic E-state index is 0.0906. The molecule has 0 bridgehead atoms. The zero-order valence-corrected chi connectivity index (χ0v) is 16.4. The number of nitrogens with zero attached hydrogens (tertiary/aromatic N) is 2. The molecule has 0 spiro atoms. The van der Waals surface area contributed by atoms with Crippen LogP contribution in [0.25, 0.3) is 0 Å². The Morgan fingerprint density at radius 3 is 2.25 bits per heavy atom. The van der Waals surface area contributed by atoms with Crippen LogP contribution in [0.3, 0.4) is 0 Å². The minimum atomic E-state index is -3.80. The summed E-state index contributed by atoms with van der Waals surface area (Å²) in [6.07, 6.45) is 0. The summed E-state index contributed by atoms with van der Waals surface area (Å²) >= 11 is 0. The van der Waals surface area contributed by atoms with Gasteiger partial charge in [0.1, 0.15) is 5.82 Å². The summed E-state index contributed by atoms with van der Waals surface area (Å²) < 4.78 is 50.4. The van der Waals surface area contributed by atoms with Crippen molar-refractivity contribution < 1.29 is 27.1 Å². The van der Waals surface area contributed by atoms with E-state index in [4.69, 9.17) is 9.47 Å². The predicted octanol–water partition coefficient (Wildman–Crippen LogP) is 1.99. The van der Waals surface area contributed by atoms with Crippen molar-refractivity contribution in [3.05, 3.63) is 53.8 Å². The van der Waals surface area contributed by atoms with Crippen molar-refractivity contribution in [2.45, 2.75) is 4.90 Å². The zero-order valence-electron chi connectivity index (χ0n) is 15.6. The first kappa shape index (κ1) is 20.1. The topological polar surface area (TPSA) is 76.2 Å². The van der Waals surface area contributed by atoms with Crippen molar-refractivity contribution >= 4 is 15.9 Å². The number of piperazine rings is 1. The summed E-state index contributed by atoms with van der Waals surface area (Å²) in [6, 6.07) is 9.79. The first-order valence-corrected chi connectivity index (χ1v) is 10.1. The molecule has 2 aromatic rings. The third kappa shape index (κ3) is 3.95. The van der Waals surface area contributed by atoms with Gasteiger partial charge in [-0.2, -0.15) is 4.31 Å². The molecule has 0 aliphatic carbocycles. The van der Waals surface area contributed by atoms with Crippen LogP contribution in [-0.4, -0.2) is 63.9 Å². The smallest absolute Gasteiger partial charge is 0.254 e. The molecule has 9 heteroatoms. The molecule has 0 atom stereocenters. The minimum Gasteiger partial charge on any atom is -0.493 e. The molecule has 1 saturated heterocycles. The molecule has 1 amide bonds. The fourth-order valence-electron chi connectivity index (χ4n) is 3.06. The number of carbonyl (C=O) groups is 1. The van der Waals surface area contributed by atoms with Crippen molar-refractivity contribution in [1.29, 1.82) is 0 Å². The number of benzene rings is 2. The molecule has 1 aliphatic heterocycles. The Bertz CT molecular complexity index is 972. The van der Waals surface area contributed by atoms with Gasteiger partial charge in [0, 0.05) is 31.7 Å². The van der Waals surface area contributed by atoms with Crippen LogP contribution >= 0.6 is 0 Å². The second-order valence-corrected chi connectivity index (χ2v) is 8.16. The van der Waals surface area contributed by atoms with Crippen LogP contribution in [0.1, 0.15) is 10.4 Å². The molecule has 7 nitrogen and oxygen atoms in total. The van der Waals surface area contributed by atoms with Crippen LogP contribution < -0.4 is 9.47 Å². The molecule has 0 N–H and O–H groups in total. The number of rotatable bonds is 5. The maximum absolute atomic E-state index is 13.4. The highest BCUT2D eigenvalue weighted by Crippen LogP contribution is 2.28. The highest BCUT2D eigenvalue weighted by Gasteiger charge is 2.30. The molecule has 2 aromatic carbocycles. The average Bonchev–Trinajstić information content (AvgIpc) is 2.72. The summed E-state index contributed by atoms with van der Waals surface area (Å²) in [5.41, 5.74) is 0.430. The summed E-state index contributed by atoms with van der Waals surface area (Å²) in [4.78, 5) is 14.2.